The van der Waals surface area contributed by atoms with Crippen molar-refractivity contribution in [1.82, 2.24) is 5.32 Å². The summed E-state index contributed by atoms with van der Waals surface area (Å²) >= 11 is 0. The highest BCUT2D eigenvalue weighted by Gasteiger charge is 2.43. The van der Waals surface area contributed by atoms with Gasteiger partial charge in [-0.3, -0.25) is 0 Å². The van der Waals surface area contributed by atoms with Crippen LogP contribution in [0.25, 0.3) is 0 Å². The van der Waals surface area contributed by atoms with Crippen molar-refractivity contribution in [3.8, 4) is 11.8 Å². The lowest BCUT2D eigenvalue weighted by molar-refractivity contribution is 0.198. The molecule has 2 rings (SSSR count). The van der Waals surface area contributed by atoms with Crippen molar-refractivity contribution in [3.05, 3.63) is 29.8 Å². The van der Waals surface area contributed by atoms with Gasteiger partial charge in [-0.25, -0.2) is 0 Å². The van der Waals surface area contributed by atoms with Crippen LogP contribution in [0.5, 0.6) is 5.75 Å². The Balaban J connectivity index is 1.86. The Bertz CT molecular complexity index is 464. The quantitative estimate of drug-likeness (QED) is 0.703. The first kappa shape index (κ1) is 14.8. The fraction of sp³-hybridized carbons (Fsp3) is 0.562. The summed E-state index contributed by atoms with van der Waals surface area (Å²) in [6.07, 6.45) is 2.81. The molecule has 0 bridgehead atoms. The molecule has 1 aromatic carbocycles. The average Bonchev–Trinajstić information content (AvgIpc) is 3.23. The van der Waals surface area contributed by atoms with E-state index in [1.807, 2.05) is 18.2 Å². The van der Waals surface area contributed by atoms with Crippen LogP contribution in [-0.2, 0) is 11.3 Å². The molecule has 4 nitrogen and oxygen atoms in total. The van der Waals surface area contributed by atoms with Gasteiger partial charge in [-0.1, -0.05) is 18.2 Å². The molecular weight excluding hydrogens is 252 g/mol. The van der Waals surface area contributed by atoms with Crippen molar-refractivity contribution in [2.45, 2.75) is 25.8 Å². The number of nitrogens with zero attached hydrogens (tertiary/aromatic N) is 1. The van der Waals surface area contributed by atoms with Crippen LogP contribution in [0.1, 0.15) is 24.8 Å². The van der Waals surface area contributed by atoms with E-state index in [0.717, 1.165) is 37.2 Å². The van der Waals surface area contributed by atoms with Crippen molar-refractivity contribution < 1.29 is 9.47 Å². The first-order valence-electron chi connectivity index (χ1n) is 7.07. The van der Waals surface area contributed by atoms with Crippen LogP contribution in [0.15, 0.2) is 24.3 Å². The first-order valence-corrected chi connectivity index (χ1v) is 7.07. The molecule has 0 amide bonds. The van der Waals surface area contributed by atoms with Gasteiger partial charge in [-0.15, -0.1) is 0 Å². The smallest absolute Gasteiger partial charge is 0.123 e. The molecule has 4 heteroatoms. The van der Waals surface area contributed by atoms with E-state index < -0.39 is 0 Å². The third-order valence-corrected chi connectivity index (χ3v) is 3.72. The van der Waals surface area contributed by atoms with Crippen molar-refractivity contribution in [1.29, 1.82) is 5.26 Å². The van der Waals surface area contributed by atoms with E-state index in [1.54, 1.807) is 7.11 Å². The zero-order valence-electron chi connectivity index (χ0n) is 12.0. The minimum absolute atomic E-state index is 0.116. The van der Waals surface area contributed by atoms with Crippen molar-refractivity contribution in [3.63, 3.8) is 0 Å². The van der Waals surface area contributed by atoms with E-state index in [9.17, 15) is 0 Å². The van der Waals surface area contributed by atoms with Gasteiger partial charge < -0.3 is 14.8 Å². The summed E-state index contributed by atoms with van der Waals surface area (Å²) < 4.78 is 11.0. The van der Waals surface area contributed by atoms with Crippen LogP contribution >= 0.6 is 0 Å². The maximum absolute atomic E-state index is 8.83. The van der Waals surface area contributed by atoms with Crippen molar-refractivity contribution in [2.24, 2.45) is 5.41 Å². The van der Waals surface area contributed by atoms with E-state index in [1.165, 1.54) is 0 Å². The van der Waals surface area contributed by atoms with Crippen molar-refractivity contribution in [2.75, 3.05) is 26.9 Å². The van der Waals surface area contributed by atoms with Gasteiger partial charge >= 0.3 is 0 Å². The molecule has 0 radical (unpaired) electrons. The fourth-order valence-corrected chi connectivity index (χ4v) is 2.14. The minimum Gasteiger partial charge on any atom is -0.493 e. The fourth-order valence-electron chi connectivity index (χ4n) is 2.14. The summed E-state index contributed by atoms with van der Waals surface area (Å²) in [7, 11) is 1.70. The Morgan fingerprint density at radius 3 is 2.85 bits per heavy atom. The lowest BCUT2D eigenvalue weighted by Gasteiger charge is -2.16. The van der Waals surface area contributed by atoms with Crippen LogP contribution in [-0.4, -0.2) is 26.9 Å². The number of hydrogen-bond acceptors (Lipinski definition) is 4. The normalized spacial score (nSPS) is 15.6. The molecule has 1 aromatic rings. The maximum atomic E-state index is 8.83. The number of hydrogen-bond donors (Lipinski definition) is 1. The van der Waals surface area contributed by atoms with E-state index in [4.69, 9.17) is 14.7 Å². The molecule has 0 atom stereocenters. The molecular formula is C16H22N2O2. The second-order valence-electron chi connectivity index (χ2n) is 5.40. The molecule has 1 aliphatic rings. The summed E-state index contributed by atoms with van der Waals surface area (Å²) in [6, 6.07) is 10.3. The van der Waals surface area contributed by atoms with Crippen LogP contribution in [0.4, 0.5) is 0 Å². The van der Waals surface area contributed by atoms with Crippen LogP contribution in [0.3, 0.4) is 0 Å². The maximum Gasteiger partial charge on any atom is 0.123 e. The summed E-state index contributed by atoms with van der Waals surface area (Å²) in [5.74, 6) is 0.918. The number of methoxy groups -OCH3 is 1. The Kier molecular flexibility index (Phi) is 5.40. The van der Waals surface area contributed by atoms with Crippen LogP contribution < -0.4 is 10.1 Å². The molecule has 0 spiro atoms. The van der Waals surface area contributed by atoms with Gasteiger partial charge in [0, 0.05) is 37.6 Å². The number of para-hydroxylation sites is 1. The summed E-state index contributed by atoms with van der Waals surface area (Å²) in [4.78, 5) is 0. The van der Waals surface area contributed by atoms with Crippen LogP contribution in [0.2, 0.25) is 0 Å². The second kappa shape index (κ2) is 7.28. The zero-order chi connectivity index (χ0) is 14.3. The van der Waals surface area contributed by atoms with Gasteiger partial charge in [-0.2, -0.15) is 5.26 Å². The lowest BCUT2D eigenvalue weighted by atomic mass is 10.1. The number of rotatable bonds is 9. The SMILES string of the molecule is COCCNCc1ccccc1OCC1(CC#N)CC1. The molecule has 1 aliphatic carbocycles. The predicted molar refractivity (Wildman–Crippen MR) is 77.4 cm³/mol. The highest BCUT2D eigenvalue weighted by Crippen LogP contribution is 2.48. The molecule has 1 fully saturated rings. The Morgan fingerprint density at radius 1 is 1.35 bits per heavy atom. The minimum atomic E-state index is 0.116. The Hall–Kier alpha value is -1.57. The van der Waals surface area contributed by atoms with Crippen molar-refractivity contribution >= 4 is 0 Å². The van der Waals surface area contributed by atoms with E-state index in [2.05, 4.69) is 17.5 Å². The molecule has 0 saturated heterocycles. The van der Waals surface area contributed by atoms with Gasteiger partial charge in [-0.05, 0) is 18.9 Å². The number of ether oxygens (including phenoxy) is 2. The van der Waals surface area contributed by atoms with Gasteiger partial charge in [0.1, 0.15) is 5.75 Å². The molecule has 1 saturated carbocycles. The molecule has 0 heterocycles. The zero-order valence-corrected chi connectivity index (χ0v) is 12.0. The topological polar surface area (TPSA) is 54.3 Å². The third kappa shape index (κ3) is 4.22. The Labute approximate surface area is 120 Å². The van der Waals surface area contributed by atoms with Gasteiger partial charge in [0.25, 0.3) is 0 Å². The number of nitrogens with one attached hydrogen (secondary N) is 1. The number of benzene rings is 1. The predicted octanol–water partition coefficient (Wildman–Crippen LogP) is 2.50. The highest BCUT2D eigenvalue weighted by molar-refractivity contribution is 5.33. The Morgan fingerprint density at radius 2 is 2.15 bits per heavy atom. The molecule has 20 heavy (non-hydrogen) atoms. The van der Waals surface area contributed by atoms with E-state index in [-0.39, 0.29) is 5.41 Å². The third-order valence-electron chi connectivity index (χ3n) is 3.72. The highest BCUT2D eigenvalue weighted by atomic mass is 16.5. The molecule has 108 valence electrons. The van der Waals surface area contributed by atoms with Gasteiger partial charge in [0.05, 0.1) is 19.3 Å². The lowest BCUT2D eigenvalue weighted by Crippen LogP contribution is -2.19. The summed E-state index contributed by atoms with van der Waals surface area (Å²) in [5, 5.41) is 12.2. The van der Waals surface area contributed by atoms with Crippen LogP contribution in [0, 0.1) is 16.7 Å². The van der Waals surface area contributed by atoms with E-state index in [0.29, 0.717) is 19.6 Å². The molecule has 0 aromatic heterocycles. The first-order chi connectivity index (χ1) is 9.79. The molecule has 0 unspecified atom stereocenters. The number of nitriles is 1. The van der Waals surface area contributed by atoms with Gasteiger partial charge in [0.15, 0.2) is 0 Å². The summed E-state index contributed by atoms with van der Waals surface area (Å²) in [5.41, 5.74) is 1.27. The standard InChI is InChI=1S/C16H22N2O2/c1-19-11-10-18-12-14-4-2-3-5-15(14)20-13-16(6-7-16)8-9-17/h2-5,18H,6-8,10-13H2,1H3. The van der Waals surface area contributed by atoms with E-state index >= 15 is 0 Å². The molecule has 1 N–H and O–H groups in total. The average molecular weight is 274 g/mol. The molecule has 0 aliphatic heterocycles. The summed E-state index contributed by atoms with van der Waals surface area (Å²) in [6.45, 7) is 2.94. The second-order valence-corrected chi connectivity index (χ2v) is 5.40. The van der Waals surface area contributed by atoms with Gasteiger partial charge in [0.2, 0.25) is 0 Å². The largest absolute Gasteiger partial charge is 0.493 e. The monoisotopic (exact) mass is 274 g/mol.